The number of carbonyl (C=O) groups is 2. The Morgan fingerprint density at radius 3 is 2.57 bits per heavy atom. The van der Waals surface area contributed by atoms with Gasteiger partial charge in [-0.15, -0.1) is 0 Å². The molecule has 1 saturated heterocycles. The van der Waals surface area contributed by atoms with Crippen LogP contribution in [0.3, 0.4) is 0 Å². The van der Waals surface area contributed by atoms with E-state index in [0.29, 0.717) is 25.3 Å². The van der Waals surface area contributed by atoms with E-state index in [9.17, 15) is 9.59 Å². The van der Waals surface area contributed by atoms with Crippen LogP contribution in [0.1, 0.15) is 47.3 Å². The van der Waals surface area contributed by atoms with Crippen LogP contribution in [-0.2, 0) is 11.3 Å². The van der Waals surface area contributed by atoms with Crippen molar-refractivity contribution in [2.45, 2.75) is 32.4 Å². The number of nitrogens with zero attached hydrogens (tertiary/aromatic N) is 1. The Morgan fingerprint density at radius 1 is 1.07 bits per heavy atom. The van der Waals surface area contributed by atoms with Gasteiger partial charge in [0.05, 0.1) is 6.04 Å². The molecule has 0 unspecified atom stereocenters. The van der Waals surface area contributed by atoms with Crippen molar-refractivity contribution >= 4 is 11.8 Å². The summed E-state index contributed by atoms with van der Waals surface area (Å²) in [7, 11) is 0. The van der Waals surface area contributed by atoms with Crippen LogP contribution < -0.4 is 14.8 Å². The van der Waals surface area contributed by atoms with Crippen LogP contribution in [0, 0.1) is 0 Å². The lowest BCUT2D eigenvalue weighted by Crippen LogP contribution is -2.30. The molecule has 2 amide bonds. The van der Waals surface area contributed by atoms with Crippen LogP contribution in [-0.4, -0.2) is 36.5 Å². The number of nitrogens with one attached hydrogen (secondary N) is 1. The molecule has 2 aromatic carbocycles. The third-order valence-electron chi connectivity index (χ3n) is 5.21. The quantitative estimate of drug-likeness (QED) is 0.885. The highest BCUT2D eigenvalue weighted by Gasteiger charge is 2.31. The predicted octanol–water partition coefficient (Wildman–Crippen LogP) is 3.07. The highest BCUT2D eigenvalue weighted by molar-refractivity contribution is 5.94. The third kappa shape index (κ3) is 3.81. The number of amides is 2. The van der Waals surface area contributed by atoms with Crippen molar-refractivity contribution in [3.8, 4) is 11.5 Å². The van der Waals surface area contributed by atoms with Crippen LogP contribution in [0.5, 0.6) is 11.5 Å². The third-order valence-corrected chi connectivity index (χ3v) is 5.21. The molecule has 0 saturated carbocycles. The number of rotatable bonds is 4. The van der Waals surface area contributed by atoms with Crippen molar-refractivity contribution in [3.05, 3.63) is 59.2 Å². The monoisotopic (exact) mass is 380 g/mol. The van der Waals surface area contributed by atoms with E-state index in [0.717, 1.165) is 42.0 Å². The fourth-order valence-corrected chi connectivity index (χ4v) is 3.78. The molecule has 1 atom stereocenters. The lowest BCUT2D eigenvalue weighted by Gasteiger charge is -2.27. The van der Waals surface area contributed by atoms with E-state index in [1.54, 1.807) is 0 Å². The summed E-state index contributed by atoms with van der Waals surface area (Å²) in [5.74, 6) is 1.48. The van der Waals surface area contributed by atoms with E-state index in [1.165, 1.54) is 6.92 Å². The van der Waals surface area contributed by atoms with Gasteiger partial charge in [-0.25, -0.2) is 0 Å². The Balaban J connectivity index is 1.50. The van der Waals surface area contributed by atoms with E-state index in [1.807, 2.05) is 47.4 Å². The summed E-state index contributed by atoms with van der Waals surface area (Å²) in [6.07, 6.45) is 1.91. The van der Waals surface area contributed by atoms with Gasteiger partial charge in [-0.3, -0.25) is 9.59 Å². The molecular formula is C22H24N2O4. The van der Waals surface area contributed by atoms with Crippen LogP contribution in [0.15, 0.2) is 42.5 Å². The first kappa shape index (κ1) is 18.3. The van der Waals surface area contributed by atoms with Gasteiger partial charge in [0.15, 0.2) is 11.5 Å². The van der Waals surface area contributed by atoms with Crippen molar-refractivity contribution in [1.82, 2.24) is 10.2 Å². The number of benzene rings is 2. The first-order valence-corrected chi connectivity index (χ1v) is 9.66. The summed E-state index contributed by atoms with van der Waals surface area (Å²) in [6, 6.07) is 13.4. The minimum Gasteiger partial charge on any atom is -0.486 e. The smallest absolute Gasteiger partial charge is 0.254 e. The first-order chi connectivity index (χ1) is 13.6. The molecule has 1 fully saturated rings. The number of hydrogen-bond donors (Lipinski definition) is 1. The number of fused-ring (bicyclic) bond motifs is 1. The second kappa shape index (κ2) is 7.92. The second-order valence-corrected chi connectivity index (χ2v) is 7.17. The maximum atomic E-state index is 13.1. The van der Waals surface area contributed by atoms with Crippen LogP contribution in [0.4, 0.5) is 0 Å². The standard InChI is InChI=1S/C22H24N2O4/c1-15(25)23-14-16-4-6-17(7-5-16)22(26)24-10-2-3-19(24)18-8-9-20-21(13-18)28-12-11-27-20/h4-9,13,19H,2-3,10-12,14H2,1H3,(H,23,25)/t19-/m0/s1. The van der Waals surface area contributed by atoms with Crippen LogP contribution in [0.2, 0.25) is 0 Å². The predicted molar refractivity (Wildman–Crippen MR) is 104 cm³/mol. The average Bonchev–Trinajstić information content (AvgIpc) is 3.21. The number of hydrogen-bond acceptors (Lipinski definition) is 4. The van der Waals surface area contributed by atoms with E-state index in [2.05, 4.69) is 5.32 Å². The van der Waals surface area contributed by atoms with Crippen molar-refractivity contribution in [2.24, 2.45) is 0 Å². The largest absolute Gasteiger partial charge is 0.486 e. The molecule has 6 nitrogen and oxygen atoms in total. The Bertz CT molecular complexity index is 879. The molecule has 2 aromatic rings. The summed E-state index contributed by atoms with van der Waals surface area (Å²) < 4.78 is 11.3. The number of ether oxygens (including phenoxy) is 2. The van der Waals surface area contributed by atoms with Gasteiger partial charge in [-0.1, -0.05) is 18.2 Å². The maximum Gasteiger partial charge on any atom is 0.254 e. The van der Waals surface area contributed by atoms with Gasteiger partial charge < -0.3 is 19.7 Å². The SMILES string of the molecule is CC(=O)NCc1ccc(C(=O)N2CCC[C@H]2c2ccc3c(c2)OCCO3)cc1. The summed E-state index contributed by atoms with van der Waals surface area (Å²) in [5.41, 5.74) is 2.71. The maximum absolute atomic E-state index is 13.1. The van der Waals surface area contributed by atoms with E-state index in [-0.39, 0.29) is 17.9 Å². The van der Waals surface area contributed by atoms with Gasteiger partial charge in [0, 0.05) is 25.6 Å². The van der Waals surface area contributed by atoms with Gasteiger partial charge in [-0.05, 0) is 48.2 Å². The molecular weight excluding hydrogens is 356 g/mol. The molecule has 0 spiro atoms. The molecule has 28 heavy (non-hydrogen) atoms. The Hall–Kier alpha value is -3.02. The summed E-state index contributed by atoms with van der Waals surface area (Å²) >= 11 is 0. The summed E-state index contributed by atoms with van der Waals surface area (Å²) in [6.45, 7) is 3.81. The van der Waals surface area contributed by atoms with Crippen molar-refractivity contribution in [1.29, 1.82) is 0 Å². The van der Waals surface area contributed by atoms with Crippen LogP contribution >= 0.6 is 0 Å². The fraction of sp³-hybridized carbons (Fsp3) is 0.364. The molecule has 0 aromatic heterocycles. The van der Waals surface area contributed by atoms with Gasteiger partial charge in [0.1, 0.15) is 13.2 Å². The first-order valence-electron chi connectivity index (χ1n) is 9.66. The zero-order valence-corrected chi connectivity index (χ0v) is 15.9. The molecule has 2 aliphatic rings. The molecule has 2 heterocycles. The molecule has 146 valence electrons. The normalized spacial score (nSPS) is 18.0. The number of likely N-dealkylation sites (tertiary alicyclic amines) is 1. The van der Waals surface area contributed by atoms with Gasteiger partial charge >= 0.3 is 0 Å². The zero-order chi connectivity index (χ0) is 19.5. The molecule has 0 aliphatic carbocycles. The lowest BCUT2D eigenvalue weighted by molar-refractivity contribution is -0.119. The Kier molecular flexibility index (Phi) is 5.19. The fourth-order valence-electron chi connectivity index (χ4n) is 3.78. The molecule has 0 radical (unpaired) electrons. The van der Waals surface area contributed by atoms with E-state index < -0.39 is 0 Å². The van der Waals surface area contributed by atoms with Crippen LogP contribution in [0.25, 0.3) is 0 Å². The molecule has 1 N–H and O–H groups in total. The molecule has 6 heteroatoms. The lowest BCUT2D eigenvalue weighted by atomic mass is 10.0. The highest BCUT2D eigenvalue weighted by Crippen LogP contribution is 2.38. The van der Waals surface area contributed by atoms with Gasteiger partial charge in [0.2, 0.25) is 5.91 Å². The minimum atomic E-state index is -0.0699. The highest BCUT2D eigenvalue weighted by atomic mass is 16.6. The molecule has 2 aliphatic heterocycles. The zero-order valence-electron chi connectivity index (χ0n) is 15.9. The minimum absolute atomic E-state index is 0.0310. The van der Waals surface area contributed by atoms with Gasteiger partial charge in [-0.2, -0.15) is 0 Å². The average molecular weight is 380 g/mol. The van der Waals surface area contributed by atoms with Gasteiger partial charge in [0.25, 0.3) is 5.91 Å². The van der Waals surface area contributed by atoms with E-state index >= 15 is 0 Å². The van der Waals surface area contributed by atoms with Crippen molar-refractivity contribution < 1.29 is 19.1 Å². The topological polar surface area (TPSA) is 67.9 Å². The Morgan fingerprint density at radius 2 is 1.82 bits per heavy atom. The summed E-state index contributed by atoms with van der Waals surface area (Å²) in [4.78, 5) is 26.1. The van der Waals surface area contributed by atoms with E-state index in [4.69, 9.17) is 9.47 Å². The second-order valence-electron chi connectivity index (χ2n) is 7.17. The molecule has 4 rings (SSSR count). The number of carbonyl (C=O) groups excluding carboxylic acids is 2. The van der Waals surface area contributed by atoms with Crippen molar-refractivity contribution in [3.63, 3.8) is 0 Å². The summed E-state index contributed by atoms with van der Waals surface area (Å²) in [5, 5.41) is 2.76. The molecule has 0 bridgehead atoms. The van der Waals surface area contributed by atoms with Crippen molar-refractivity contribution in [2.75, 3.05) is 19.8 Å². The Labute approximate surface area is 164 Å².